The largest absolute Gasteiger partial charge is 0.343 e. The molecule has 3 aromatic heterocycles. The Morgan fingerprint density at radius 3 is 2.95 bits per heavy atom. The Bertz CT molecular complexity index is 795. The van der Waals surface area contributed by atoms with Gasteiger partial charge >= 0.3 is 0 Å². The molecule has 0 aliphatic rings. The van der Waals surface area contributed by atoms with Crippen molar-refractivity contribution in [3.63, 3.8) is 0 Å². The van der Waals surface area contributed by atoms with Crippen LogP contribution >= 0.6 is 11.3 Å². The molecule has 7 nitrogen and oxygen atoms in total. The third-order valence-electron chi connectivity index (χ3n) is 2.86. The summed E-state index contributed by atoms with van der Waals surface area (Å²) in [4.78, 5) is 23.2. The number of aryl methyl sites for hydroxylation is 1. The number of amides is 1. The smallest absolute Gasteiger partial charge is 0.284 e. The molecule has 10 heteroatoms. The van der Waals surface area contributed by atoms with Gasteiger partial charge in [-0.15, -0.1) is 11.3 Å². The van der Waals surface area contributed by atoms with Gasteiger partial charge in [-0.3, -0.25) is 9.89 Å². The molecule has 1 amide bonds. The third kappa shape index (κ3) is 2.60. The van der Waals surface area contributed by atoms with Crippen LogP contribution in [0.1, 0.15) is 28.3 Å². The standard InChI is InChI=1S/C12H10F2N6OS/c1-5-7(8(9(13)14)20-19-5)18-11(21)6-4-22-12(17-6)10-15-2-3-16-10/h2-4,9H,1H3,(H,15,16)(H,18,21)(H,19,20). The number of H-pyrrole nitrogens is 2. The second-order valence-electron chi connectivity index (χ2n) is 4.34. The van der Waals surface area contributed by atoms with E-state index < -0.39 is 18.0 Å². The maximum absolute atomic E-state index is 12.8. The molecule has 0 saturated carbocycles. The Kier molecular flexibility index (Phi) is 3.67. The zero-order valence-corrected chi connectivity index (χ0v) is 12.0. The van der Waals surface area contributed by atoms with Gasteiger partial charge in [0.05, 0.1) is 11.4 Å². The van der Waals surface area contributed by atoms with Crippen LogP contribution in [-0.4, -0.2) is 31.1 Å². The van der Waals surface area contributed by atoms with Gasteiger partial charge in [0.1, 0.15) is 5.69 Å². The summed E-state index contributed by atoms with van der Waals surface area (Å²) in [5, 5.41) is 10.4. The van der Waals surface area contributed by atoms with Gasteiger partial charge in [-0.25, -0.2) is 18.7 Å². The van der Waals surface area contributed by atoms with Crippen molar-refractivity contribution in [3.8, 4) is 10.8 Å². The molecule has 114 valence electrons. The summed E-state index contributed by atoms with van der Waals surface area (Å²) in [5.74, 6) is -0.0442. The van der Waals surface area contributed by atoms with Crippen LogP contribution in [0.4, 0.5) is 14.5 Å². The zero-order chi connectivity index (χ0) is 15.7. The van der Waals surface area contributed by atoms with E-state index in [4.69, 9.17) is 0 Å². The number of carbonyl (C=O) groups excluding carboxylic acids is 1. The van der Waals surface area contributed by atoms with Gasteiger partial charge in [-0.05, 0) is 6.92 Å². The Balaban J connectivity index is 1.82. The predicted octanol–water partition coefficient (Wildman–Crippen LogP) is 2.75. The highest BCUT2D eigenvalue weighted by Crippen LogP contribution is 2.28. The van der Waals surface area contributed by atoms with E-state index in [9.17, 15) is 13.6 Å². The van der Waals surface area contributed by atoms with Crippen LogP contribution in [0, 0.1) is 6.92 Å². The number of thiazole rings is 1. The van der Waals surface area contributed by atoms with Gasteiger partial charge in [0.25, 0.3) is 12.3 Å². The molecule has 3 heterocycles. The number of hydrogen-bond donors (Lipinski definition) is 3. The van der Waals surface area contributed by atoms with Gasteiger partial charge in [-0.1, -0.05) is 0 Å². The minimum atomic E-state index is -2.78. The van der Waals surface area contributed by atoms with Crippen LogP contribution in [0.15, 0.2) is 17.8 Å². The van der Waals surface area contributed by atoms with Crippen LogP contribution in [0.2, 0.25) is 0 Å². The second kappa shape index (κ2) is 5.64. The molecule has 0 aliphatic heterocycles. The first-order chi connectivity index (χ1) is 10.6. The van der Waals surface area contributed by atoms with Crippen molar-refractivity contribution >= 4 is 22.9 Å². The van der Waals surface area contributed by atoms with Gasteiger partial charge < -0.3 is 10.3 Å². The van der Waals surface area contributed by atoms with E-state index >= 15 is 0 Å². The van der Waals surface area contributed by atoms with E-state index in [1.807, 2.05) is 0 Å². The van der Waals surface area contributed by atoms with Crippen molar-refractivity contribution < 1.29 is 13.6 Å². The van der Waals surface area contributed by atoms with Crippen LogP contribution in [-0.2, 0) is 0 Å². The molecule has 22 heavy (non-hydrogen) atoms. The molecule has 3 N–H and O–H groups in total. The number of hydrogen-bond acceptors (Lipinski definition) is 5. The van der Waals surface area contributed by atoms with Crippen LogP contribution in [0.3, 0.4) is 0 Å². The molecule has 0 aliphatic carbocycles. The topological polar surface area (TPSA) is 99.4 Å². The predicted molar refractivity (Wildman–Crippen MR) is 75.9 cm³/mol. The quantitative estimate of drug-likeness (QED) is 0.687. The number of halogens is 2. The average molecular weight is 324 g/mol. The minimum Gasteiger partial charge on any atom is -0.343 e. The van der Waals surface area contributed by atoms with Crippen molar-refractivity contribution in [1.29, 1.82) is 0 Å². The maximum atomic E-state index is 12.8. The van der Waals surface area contributed by atoms with Crippen LogP contribution < -0.4 is 5.32 Å². The molecular weight excluding hydrogens is 314 g/mol. The van der Waals surface area contributed by atoms with Crippen LogP contribution in [0.25, 0.3) is 10.8 Å². The first-order valence-electron chi connectivity index (χ1n) is 6.16. The average Bonchev–Trinajstić information content (AvgIpc) is 3.18. The number of aromatic amines is 2. The number of rotatable bonds is 4. The van der Waals surface area contributed by atoms with Crippen LogP contribution in [0.5, 0.6) is 0 Å². The Morgan fingerprint density at radius 2 is 2.27 bits per heavy atom. The van der Waals surface area contributed by atoms with E-state index in [-0.39, 0.29) is 11.4 Å². The number of aromatic nitrogens is 5. The lowest BCUT2D eigenvalue weighted by molar-refractivity contribution is 0.102. The fourth-order valence-corrected chi connectivity index (χ4v) is 2.57. The first kappa shape index (κ1) is 14.3. The highest BCUT2D eigenvalue weighted by atomic mass is 32.1. The van der Waals surface area contributed by atoms with Gasteiger partial charge in [0, 0.05) is 17.8 Å². The number of anilines is 1. The Morgan fingerprint density at radius 1 is 1.45 bits per heavy atom. The minimum absolute atomic E-state index is 0.0208. The normalized spacial score (nSPS) is 11.1. The van der Waals surface area contributed by atoms with E-state index in [1.54, 1.807) is 19.3 Å². The number of nitrogens with zero attached hydrogens (tertiary/aromatic N) is 3. The highest BCUT2D eigenvalue weighted by molar-refractivity contribution is 7.13. The summed E-state index contributed by atoms with van der Waals surface area (Å²) < 4.78 is 25.6. The van der Waals surface area contributed by atoms with E-state index in [0.29, 0.717) is 16.5 Å². The summed E-state index contributed by atoms with van der Waals surface area (Å²) in [6.45, 7) is 1.55. The lowest BCUT2D eigenvalue weighted by Crippen LogP contribution is -2.14. The number of imidazole rings is 1. The lowest BCUT2D eigenvalue weighted by Gasteiger charge is -2.04. The molecule has 0 fully saturated rings. The fourth-order valence-electron chi connectivity index (χ4n) is 1.81. The molecule has 0 aromatic carbocycles. The monoisotopic (exact) mass is 324 g/mol. The maximum Gasteiger partial charge on any atom is 0.284 e. The summed E-state index contributed by atoms with van der Waals surface area (Å²) in [5.41, 5.74) is -0.0396. The Labute approximate surface area is 126 Å². The van der Waals surface area contributed by atoms with E-state index in [2.05, 4.69) is 30.5 Å². The SMILES string of the molecule is Cc1[nH]nc(C(F)F)c1NC(=O)c1csc(-c2ncc[nH]2)n1. The van der Waals surface area contributed by atoms with Crippen molar-refractivity contribution in [3.05, 3.63) is 34.9 Å². The van der Waals surface area contributed by atoms with Crippen molar-refractivity contribution in [2.24, 2.45) is 0 Å². The molecule has 0 saturated heterocycles. The summed E-state index contributed by atoms with van der Waals surface area (Å²) in [6, 6.07) is 0. The zero-order valence-electron chi connectivity index (χ0n) is 11.2. The van der Waals surface area contributed by atoms with Crippen molar-refractivity contribution in [1.82, 2.24) is 25.1 Å². The highest BCUT2D eigenvalue weighted by Gasteiger charge is 2.22. The number of carbonyl (C=O) groups is 1. The fraction of sp³-hybridized carbons (Fsp3) is 0.167. The summed E-state index contributed by atoms with van der Waals surface area (Å²) in [6.07, 6.45) is 0.426. The van der Waals surface area contributed by atoms with Gasteiger partial charge in [0.2, 0.25) is 0 Å². The lowest BCUT2D eigenvalue weighted by atomic mass is 10.3. The van der Waals surface area contributed by atoms with E-state index in [1.165, 1.54) is 16.7 Å². The molecule has 3 rings (SSSR count). The molecule has 0 bridgehead atoms. The first-order valence-corrected chi connectivity index (χ1v) is 7.04. The Hall–Kier alpha value is -2.62. The molecule has 0 unspecified atom stereocenters. The van der Waals surface area contributed by atoms with Crippen molar-refractivity contribution in [2.75, 3.05) is 5.32 Å². The molecule has 0 atom stereocenters. The molecule has 3 aromatic rings. The number of alkyl halides is 2. The molecule has 0 spiro atoms. The number of nitrogens with one attached hydrogen (secondary N) is 3. The summed E-state index contributed by atoms with van der Waals surface area (Å²) in [7, 11) is 0. The summed E-state index contributed by atoms with van der Waals surface area (Å²) >= 11 is 1.23. The van der Waals surface area contributed by atoms with Crippen molar-refractivity contribution in [2.45, 2.75) is 13.3 Å². The third-order valence-corrected chi connectivity index (χ3v) is 3.71. The van der Waals surface area contributed by atoms with E-state index in [0.717, 1.165) is 0 Å². The van der Waals surface area contributed by atoms with Gasteiger partial charge in [-0.2, -0.15) is 5.10 Å². The van der Waals surface area contributed by atoms with Gasteiger partial charge in [0.15, 0.2) is 16.5 Å². The molecular formula is C12H10F2N6OS. The molecule has 0 radical (unpaired) electrons. The second-order valence-corrected chi connectivity index (χ2v) is 5.20.